The molecule has 1 aromatic heterocycles. The summed E-state index contributed by atoms with van der Waals surface area (Å²) in [7, 11) is -1.17. The molecule has 9 heteroatoms. The number of aromatic nitrogens is 2. The minimum atomic E-state index is -3.16. The molecular formula is C21H34IN5O2S. The molecule has 30 heavy (non-hydrogen) atoms. The molecule has 0 amide bonds. The fraction of sp³-hybridized carbons (Fsp3) is 0.524. The zero-order valence-corrected chi connectivity index (χ0v) is 21.7. The lowest BCUT2D eigenvalue weighted by Crippen LogP contribution is -2.38. The quantitative estimate of drug-likeness (QED) is 0.287. The van der Waals surface area contributed by atoms with Crippen molar-refractivity contribution in [1.29, 1.82) is 0 Å². The van der Waals surface area contributed by atoms with Crippen LogP contribution in [-0.4, -0.2) is 43.5 Å². The van der Waals surface area contributed by atoms with Crippen LogP contribution in [0.4, 0.5) is 0 Å². The largest absolute Gasteiger partial charge is 0.357 e. The third-order valence-electron chi connectivity index (χ3n) is 4.82. The van der Waals surface area contributed by atoms with Gasteiger partial charge in [-0.3, -0.25) is 4.68 Å². The van der Waals surface area contributed by atoms with E-state index < -0.39 is 9.84 Å². The molecule has 2 N–H and O–H groups in total. The molecule has 0 fully saturated rings. The van der Waals surface area contributed by atoms with Gasteiger partial charge in [-0.15, -0.1) is 24.0 Å². The summed E-state index contributed by atoms with van der Waals surface area (Å²) in [6.45, 7) is 8.38. The second kappa shape index (κ2) is 12.3. The van der Waals surface area contributed by atoms with Gasteiger partial charge in [0.1, 0.15) is 0 Å². The normalized spacial score (nSPS) is 11.8. The van der Waals surface area contributed by atoms with Crippen molar-refractivity contribution >= 4 is 39.8 Å². The summed E-state index contributed by atoms with van der Waals surface area (Å²) < 4.78 is 25.1. The first-order valence-electron chi connectivity index (χ1n) is 10.1. The summed E-state index contributed by atoms with van der Waals surface area (Å²) in [6, 6.07) is 7.04. The van der Waals surface area contributed by atoms with Gasteiger partial charge in [0, 0.05) is 37.7 Å². The monoisotopic (exact) mass is 547 g/mol. The van der Waals surface area contributed by atoms with Crippen molar-refractivity contribution in [2.75, 3.05) is 19.3 Å². The molecule has 1 heterocycles. The Labute approximate surface area is 197 Å². The summed E-state index contributed by atoms with van der Waals surface area (Å²) >= 11 is 0. The van der Waals surface area contributed by atoms with Crippen LogP contribution < -0.4 is 10.6 Å². The number of aryl methyl sites for hydroxylation is 2. The average molecular weight is 548 g/mol. The highest BCUT2D eigenvalue weighted by molar-refractivity contribution is 14.0. The van der Waals surface area contributed by atoms with Crippen LogP contribution in [-0.2, 0) is 42.7 Å². The first-order valence-corrected chi connectivity index (χ1v) is 12.0. The molecule has 0 bridgehead atoms. The molecule has 2 aromatic rings. The highest BCUT2D eigenvalue weighted by atomic mass is 127. The fourth-order valence-corrected chi connectivity index (χ4v) is 3.93. The van der Waals surface area contributed by atoms with Gasteiger partial charge >= 0.3 is 0 Å². The number of aliphatic imine (C=N–C) groups is 1. The van der Waals surface area contributed by atoms with Crippen molar-refractivity contribution < 1.29 is 8.42 Å². The average Bonchev–Trinajstić information content (AvgIpc) is 3.00. The van der Waals surface area contributed by atoms with E-state index in [1.165, 1.54) is 17.5 Å². The van der Waals surface area contributed by atoms with Crippen LogP contribution in [0, 0.1) is 0 Å². The summed E-state index contributed by atoms with van der Waals surface area (Å²) in [5, 5.41) is 11.3. The van der Waals surface area contributed by atoms with Crippen molar-refractivity contribution in [2.45, 2.75) is 51.5 Å². The van der Waals surface area contributed by atoms with Gasteiger partial charge in [0.15, 0.2) is 15.8 Å². The maximum Gasteiger partial charge on any atom is 0.191 e. The smallest absolute Gasteiger partial charge is 0.191 e. The van der Waals surface area contributed by atoms with Crippen LogP contribution in [0.1, 0.15) is 43.3 Å². The van der Waals surface area contributed by atoms with E-state index >= 15 is 0 Å². The number of nitrogens with zero attached hydrogens (tertiary/aromatic N) is 3. The highest BCUT2D eigenvalue weighted by Crippen LogP contribution is 2.16. The molecule has 0 saturated carbocycles. The molecule has 0 spiro atoms. The Bertz CT molecular complexity index is 937. The van der Waals surface area contributed by atoms with Crippen LogP contribution in [0.5, 0.6) is 0 Å². The molecular weight excluding hydrogens is 513 g/mol. The number of halogens is 1. The lowest BCUT2D eigenvalue weighted by Gasteiger charge is -2.12. The van der Waals surface area contributed by atoms with Gasteiger partial charge in [0.25, 0.3) is 0 Å². The van der Waals surface area contributed by atoms with Gasteiger partial charge in [-0.25, -0.2) is 13.4 Å². The van der Waals surface area contributed by atoms with E-state index in [9.17, 15) is 8.42 Å². The number of benzene rings is 1. The van der Waals surface area contributed by atoms with Gasteiger partial charge in [0.2, 0.25) is 0 Å². The zero-order valence-electron chi connectivity index (χ0n) is 18.5. The number of nitrogens with one attached hydrogen (secondary N) is 2. The van der Waals surface area contributed by atoms with Crippen molar-refractivity contribution in [3.8, 4) is 0 Å². The third-order valence-corrected chi connectivity index (χ3v) is 5.95. The van der Waals surface area contributed by atoms with Gasteiger partial charge in [0.05, 0.1) is 17.1 Å². The van der Waals surface area contributed by atoms with Gasteiger partial charge in [-0.1, -0.05) is 26.0 Å². The molecule has 0 aliphatic heterocycles. The Hall–Kier alpha value is -1.62. The molecule has 0 radical (unpaired) electrons. The second-order valence-electron chi connectivity index (χ2n) is 6.99. The third kappa shape index (κ3) is 7.26. The molecule has 7 nitrogen and oxygen atoms in total. The predicted molar refractivity (Wildman–Crippen MR) is 133 cm³/mol. The van der Waals surface area contributed by atoms with Gasteiger partial charge < -0.3 is 10.6 Å². The van der Waals surface area contributed by atoms with E-state index in [1.807, 2.05) is 30.8 Å². The lowest BCUT2D eigenvalue weighted by atomic mass is 10.1. The van der Waals surface area contributed by atoms with Gasteiger partial charge in [-0.2, -0.15) is 5.10 Å². The van der Waals surface area contributed by atoms with Crippen LogP contribution in [0.2, 0.25) is 0 Å². The molecule has 0 aliphatic rings. The van der Waals surface area contributed by atoms with Crippen LogP contribution >= 0.6 is 24.0 Å². The van der Waals surface area contributed by atoms with E-state index in [4.69, 9.17) is 4.99 Å². The Morgan fingerprint density at radius 3 is 2.30 bits per heavy atom. The minimum absolute atomic E-state index is 0. The maximum atomic E-state index is 11.6. The lowest BCUT2D eigenvalue weighted by molar-refractivity contribution is 0.602. The molecule has 0 atom stereocenters. The van der Waals surface area contributed by atoms with Crippen molar-refractivity contribution in [1.82, 2.24) is 20.4 Å². The summed E-state index contributed by atoms with van der Waals surface area (Å²) in [4.78, 5) is 5.10. The number of hydrogen-bond acceptors (Lipinski definition) is 4. The van der Waals surface area contributed by atoms with Gasteiger partial charge in [-0.05, 0) is 43.9 Å². The number of sulfone groups is 1. The van der Waals surface area contributed by atoms with E-state index in [2.05, 4.69) is 29.6 Å². The Balaban J connectivity index is 0.00000450. The molecule has 0 aliphatic carbocycles. The van der Waals surface area contributed by atoms with E-state index in [-0.39, 0.29) is 24.0 Å². The first-order chi connectivity index (χ1) is 13.8. The summed E-state index contributed by atoms with van der Waals surface area (Å²) in [5.74, 6) is 0.771. The molecule has 2 rings (SSSR count). The first kappa shape index (κ1) is 26.4. The topological polar surface area (TPSA) is 88.4 Å². The van der Waals surface area contributed by atoms with Crippen molar-refractivity contribution in [3.63, 3.8) is 0 Å². The Morgan fingerprint density at radius 2 is 1.77 bits per heavy atom. The standard InChI is InChI=1S/C21H33N5O2S.HI/c1-6-19-18(20(7-2)26(4)25-19)15-24-21(22-8-3)23-14-13-16-9-11-17(12-10-16)29(5,27)28;/h9-12H,6-8,13-15H2,1-5H3,(H2,22,23,24);1H. The maximum absolute atomic E-state index is 11.6. The second-order valence-corrected chi connectivity index (χ2v) is 9.01. The Morgan fingerprint density at radius 1 is 1.10 bits per heavy atom. The van der Waals surface area contributed by atoms with Crippen LogP contribution in [0.25, 0.3) is 0 Å². The van der Waals surface area contributed by atoms with Crippen molar-refractivity contribution in [2.24, 2.45) is 12.0 Å². The van der Waals surface area contributed by atoms with E-state index in [0.717, 1.165) is 43.0 Å². The zero-order chi connectivity index (χ0) is 21.4. The summed E-state index contributed by atoms with van der Waals surface area (Å²) in [6.07, 6.45) is 3.83. The van der Waals surface area contributed by atoms with E-state index in [0.29, 0.717) is 18.0 Å². The van der Waals surface area contributed by atoms with E-state index in [1.54, 1.807) is 12.1 Å². The van der Waals surface area contributed by atoms with Crippen molar-refractivity contribution in [3.05, 3.63) is 46.8 Å². The minimum Gasteiger partial charge on any atom is -0.357 e. The fourth-order valence-electron chi connectivity index (χ4n) is 3.30. The van der Waals surface area contributed by atoms with Crippen LogP contribution in [0.15, 0.2) is 34.2 Å². The number of hydrogen-bond donors (Lipinski definition) is 2. The Kier molecular flexibility index (Phi) is 10.8. The summed E-state index contributed by atoms with van der Waals surface area (Å²) in [5.41, 5.74) is 4.63. The molecule has 0 saturated heterocycles. The van der Waals surface area contributed by atoms with Crippen LogP contribution in [0.3, 0.4) is 0 Å². The predicted octanol–water partition coefficient (Wildman–Crippen LogP) is 2.86. The number of rotatable bonds is 9. The molecule has 1 aromatic carbocycles. The number of guanidine groups is 1. The molecule has 168 valence electrons. The molecule has 0 unspecified atom stereocenters. The highest BCUT2D eigenvalue weighted by Gasteiger charge is 2.13. The SMILES string of the molecule is CCNC(=NCc1c(CC)nn(C)c1CC)NCCc1ccc(S(C)(=O)=O)cc1.I.